The number of nitro benzene ring substituents is 1. The fraction of sp³-hybridized carbons (Fsp3) is 0.211. The SMILES string of the molecule is Cc1ccccc1-c1nnc(SC(C)C(=O)Nc2ccc([N+](=O)[O-])cc2Cl)n1C. The van der Waals surface area contributed by atoms with Crippen molar-refractivity contribution in [3.8, 4) is 11.4 Å². The highest BCUT2D eigenvalue weighted by atomic mass is 35.5. The van der Waals surface area contributed by atoms with E-state index in [1.807, 2.05) is 42.8 Å². The molecular formula is C19H18ClN5O3S. The first-order valence-corrected chi connectivity index (χ1v) is 9.90. The molecule has 1 aromatic heterocycles. The van der Waals surface area contributed by atoms with Gasteiger partial charge in [-0.3, -0.25) is 14.9 Å². The molecule has 1 heterocycles. The van der Waals surface area contributed by atoms with Crippen LogP contribution in [0.2, 0.25) is 5.02 Å². The topological polar surface area (TPSA) is 103 Å². The maximum absolute atomic E-state index is 12.5. The van der Waals surface area contributed by atoms with Gasteiger partial charge in [-0.2, -0.15) is 0 Å². The summed E-state index contributed by atoms with van der Waals surface area (Å²) < 4.78 is 1.84. The zero-order chi connectivity index (χ0) is 21.1. The van der Waals surface area contributed by atoms with Crippen LogP contribution in [0.15, 0.2) is 47.6 Å². The molecule has 0 aliphatic rings. The van der Waals surface area contributed by atoms with Gasteiger partial charge in [-0.05, 0) is 25.5 Å². The average Bonchev–Trinajstić information content (AvgIpc) is 3.03. The molecule has 1 unspecified atom stereocenters. The molecule has 10 heteroatoms. The molecule has 3 aromatic rings. The van der Waals surface area contributed by atoms with Crippen LogP contribution in [0.5, 0.6) is 0 Å². The molecule has 1 N–H and O–H groups in total. The summed E-state index contributed by atoms with van der Waals surface area (Å²) in [4.78, 5) is 22.8. The molecule has 8 nitrogen and oxygen atoms in total. The fourth-order valence-electron chi connectivity index (χ4n) is 2.64. The minimum Gasteiger partial charge on any atom is -0.324 e. The molecule has 0 aliphatic heterocycles. The number of anilines is 1. The van der Waals surface area contributed by atoms with E-state index in [4.69, 9.17) is 11.6 Å². The predicted octanol–water partition coefficient (Wildman–Crippen LogP) is 4.47. The van der Waals surface area contributed by atoms with E-state index < -0.39 is 10.2 Å². The van der Waals surface area contributed by atoms with Crippen LogP contribution < -0.4 is 5.32 Å². The van der Waals surface area contributed by atoms with Crippen molar-refractivity contribution in [3.05, 3.63) is 63.2 Å². The normalized spacial score (nSPS) is 11.9. The van der Waals surface area contributed by atoms with Gasteiger partial charge in [0.1, 0.15) is 0 Å². The van der Waals surface area contributed by atoms with Crippen molar-refractivity contribution in [2.75, 3.05) is 5.32 Å². The Balaban J connectivity index is 1.72. The highest BCUT2D eigenvalue weighted by molar-refractivity contribution is 8.00. The molecule has 0 bridgehead atoms. The van der Waals surface area contributed by atoms with E-state index in [1.165, 1.54) is 30.0 Å². The second-order valence-electron chi connectivity index (χ2n) is 6.35. The van der Waals surface area contributed by atoms with E-state index in [0.717, 1.165) is 17.0 Å². The highest BCUT2D eigenvalue weighted by Crippen LogP contribution is 2.30. The summed E-state index contributed by atoms with van der Waals surface area (Å²) in [7, 11) is 1.85. The van der Waals surface area contributed by atoms with E-state index in [0.29, 0.717) is 10.8 Å². The minimum absolute atomic E-state index is 0.102. The first-order valence-electron chi connectivity index (χ1n) is 8.64. The van der Waals surface area contributed by atoms with Crippen LogP contribution in [0.25, 0.3) is 11.4 Å². The average molecular weight is 432 g/mol. The molecule has 0 fully saturated rings. The number of hydrogen-bond acceptors (Lipinski definition) is 6. The van der Waals surface area contributed by atoms with Gasteiger partial charge in [0.15, 0.2) is 11.0 Å². The van der Waals surface area contributed by atoms with Gasteiger partial charge >= 0.3 is 0 Å². The summed E-state index contributed by atoms with van der Waals surface area (Å²) in [6.45, 7) is 3.74. The van der Waals surface area contributed by atoms with Crippen LogP contribution in [-0.4, -0.2) is 30.8 Å². The largest absolute Gasteiger partial charge is 0.324 e. The molecule has 2 aromatic carbocycles. The van der Waals surface area contributed by atoms with Crippen molar-refractivity contribution in [3.63, 3.8) is 0 Å². The number of halogens is 1. The summed E-state index contributed by atoms with van der Waals surface area (Å²) in [5.74, 6) is 0.419. The van der Waals surface area contributed by atoms with Gasteiger partial charge in [-0.1, -0.05) is 47.6 Å². The van der Waals surface area contributed by atoms with Crippen LogP contribution in [0.3, 0.4) is 0 Å². The van der Waals surface area contributed by atoms with Crippen molar-refractivity contribution in [2.24, 2.45) is 7.05 Å². The van der Waals surface area contributed by atoms with Gasteiger partial charge < -0.3 is 9.88 Å². The van der Waals surface area contributed by atoms with Crippen molar-refractivity contribution >= 4 is 40.6 Å². The smallest absolute Gasteiger partial charge is 0.271 e. The number of rotatable bonds is 6. The maximum atomic E-state index is 12.5. The van der Waals surface area contributed by atoms with Crippen LogP contribution in [0, 0.1) is 17.0 Å². The van der Waals surface area contributed by atoms with Crippen LogP contribution in [0.4, 0.5) is 11.4 Å². The molecule has 29 heavy (non-hydrogen) atoms. The van der Waals surface area contributed by atoms with E-state index in [2.05, 4.69) is 15.5 Å². The van der Waals surface area contributed by atoms with Gasteiger partial charge in [0.05, 0.1) is 20.9 Å². The lowest BCUT2D eigenvalue weighted by Crippen LogP contribution is -2.23. The summed E-state index contributed by atoms with van der Waals surface area (Å²) in [6.07, 6.45) is 0. The lowest BCUT2D eigenvalue weighted by molar-refractivity contribution is -0.384. The molecule has 150 valence electrons. The number of nitrogens with zero attached hydrogens (tertiary/aromatic N) is 4. The van der Waals surface area contributed by atoms with Crippen molar-refractivity contribution in [2.45, 2.75) is 24.3 Å². The molecule has 1 amide bonds. The first kappa shape index (κ1) is 20.8. The zero-order valence-corrected chi connectivity index (χ0v) is 17.5. The Morgan fingerprint density at radius 3 is 2.66 bits per heavy atom. The lowest BCUT2D eigenvalue weighted by Gasteiger charge is -2.13. The van der Waals surface area contributed by atoms with E-state index in [-0.39, 0.29) is 16.6 Å². The third-order valence-corrected chi connectivity index (χ3v) is 5.74. The third kappa shape index (κ3) is 4.57. The number of aryl methyl sites for hydroxylation is 1. The summed E-state index contributed by atoms with van der Waals surface area (Å²) in [5.41, 5.74) is 2.23. The van der Waals surface area contributed by atoms with Crippen LogP contribution in [-0.2, 0) is 11.8 Å². The van der Waals surface area contributed by atoms with Gasteiger partial charge in [-0.15, -0.1) is 10.2 Å². The zero-order valence-electron chi connectivity index (χ0n) is 15.9. The lowest BCUT2D eigenvalue weighted by atomic mass is 10.1. The van der Waals surface area contributed by atoms with Gasteiger partial charge in [-0.25, -0.2) is 0 Å². The Labute approximate surface area is 176 Å². The molecule has 0 spiro atoms. The number of aromatic nitrogens is 3. The quantitative estimate of drug-likeness (QED) is 0.351. The Morgan fingerprint density at radius 2 is 2.00 bits per heavy atom. The molecule has 0 radical (unpaired) electrons. The van der Waals surface area contributed by atoms with Gasteiger partial charge in [0.2, 0.25) is 5.91 Å². The molecule has 0 saturated carbocycles. The number of carbonyl (C=O) groups excluding carboxylic acids is 1. The number of amides is 1. The third-order valence-electron chi connectivity index (χ3n) is 4.29. The second kappa shape index (κ2) is 8.62. The van der Waals surface area contributed by atoms with Gasteiger partial charge in [0.25, 0.3) is 5.69 Å². The molecule has 0 saturated heterocycles. The minimum atomic E-state index is -0.546. The van der Waals surface area contributed by atoms with Crippen LogP contribution in [0.1, 0.15) is 12.5 Å². The number of thioether (sulfide) groups is 1. The standard InChI is InChI=1S/C19H18ClN5O3S/c1-11-6-4-5-7-14(11)17-22-23-19(24(17)3)29-12(2)18(26)21-16-9-8-13(25(27)28)10-15(16)20/h4-10,12H,1-3H3,(H,21,26). The number of carbonyl (C=O) groups is 1. The second-order valence-corrected chi connectivity index (χ2v) is 8.07. The number of nitrogens with one attached hydrogen (secondary N) is 1. The van der Waals surface area contributed by atoms with E-state index >= 15 is 0 Å². The summed E-state index contributed by atoms with van der Waals surface area (Å²) in [6, 6.07) is 11.8. The number of hydrogen-bond donors (Lipinski definition) is 1. The van der Waals surface area contributed by atoms with Crippen LogP contribution >= 0.6 is 23.4 Å². The van der Waals surface area contributed by atoms with Crippen molar-refractivity contribution in [1.29, 1.82) is 0 Å². The number of nitro groups is 1. The van der Waals surface area contributed by atoms with E-state index in [1.54, 1.807) is 6.92 Å². The predicted molar refractivity (Wildman–Crippen MR) is 113 cm³/mol. The molecule has 1 atom stereocenters. The Kier molecular flexibility index (Phi) is 6.19. The Hall–Kier alpha value is -2.91. The molecular weight excluding hydrogens is 414 g/mol. The number of non-ortho nitro benzene ring substituents is 1. The summed E-state index contributed by atoms with van der Waals surface area (Å²) >= 11 is 7.30. The highest BCUT2D eigenvalue weighted by Gasteiger charge is 2.21. The van der Waals surface area contributed by atoms with Crippen molar-refractivity contribution < 1.29 is 9.72 Å². The van der Waals surface area contributed by atoms with Gasteiger partial charge in [0, 0.05) is 24.7 Å². The Bertz CT molecular complexity index is 1090. The number of benzene rings is 2. The van der Waals surface area contributed by atoms with Crippen molar-refractivity contribution in [1.82, 2.24) is 14.8 Å². The maximum Gasteiger partial charge on any atom is 0.271 e. The van der Waals surface area contributed by atoms with E-state index in [9.17, 15) is 14.9 Å². The Morgan fingerprint density at radius 1 is 1.28 bits per heavy atom. The fourth-order valence-corrected chi connectivity index (χ4v) is 3.68. The summed E-state index contributed by atoms with van der Waals surface area (Å²) in [5, 5.41) is 22.2. The molecule has 0 aliphatic carbocycles. The monoisotopic (exact) mass is 431 g/mol. The molecule has 3 rings (SSSR count). The first-order chi connectivity index (χ1) is 13.8.